The average molecular weight is 279 g/mol. The number of benzene rings is 2. The fourth-order valence-corrected chi connectivity index (χ4v) is 2.16. The van der Waals surface area contributed by atoms with Gasteiger partial charge in [0.2, 0.25) is 11.8 Å². The molecule has 2 N–H and O–H groups in total. The first kappa shape index (κ1) is 13.5. The molecule has 0 aliphatic rings. The molecule has 0 aliphatic carbocycles. The molecular formula is C17H17N3O. The van der Waals surface area contributed by atoms with Gasteiger partial charge in [0.15, 0.2) is 0 Å². The van der Waals surface area contributed by atoms with E-state index < -0.39 is 6.04 Å². The number of hydrogen-bond donors (Lipinski definition) is 1. The van der Waals surface area contributed by atoms with Gasteiger partial charge in [-0.1, -0.05) is 49.4 Å². The summed E-state index contributed by atoms with van der Waals surface area (Å²) in [6.07, 6.45) is 1.01. The lowest BCUT2D eigenvalue weighted by atomic mass is 10.1. The number of aryl methyl sites for hydroxylation is 1. The Morgan fingerprint density at radius 1 is 1.00 bits per heavy atom. The highest BCUT2D eigenvalue weighted by Crippen LogP contribution is 2.23. The van der Waals surface area contributed by atoms with Crippen molar-refractivity contribution in [3.05, 3.63) is 71.6 Å². The maximum absolute atomic E-state index is 6.16. The number of nitrogens with zero attached hydrogens (tertiary/aromatic N) is 2. The van der Waals surface area contributed by atoms with E-state index in [-0.39, 0.29) is 0 Å². The summed E-state index contributed by atoms with van der Waals surface area (Å²) in [4.78, 5) is 0. The van der Waals surface area contributed by atoms with Crippen LogP contribution in [0.15, 0.2) is 59.0 Å². The summed E-state index contributed by atoms with van der Waals surface area (Å²) >= 11 is 0. The second kappa shape index (κ2) is 5.89. The van der Waals surface area contributed by atoms with Crippen LogP contribution in [-0.2, 0) is 6.42 Å². The van der Waals surface area contributed by atoms with E-state index in [9.17, 15) is 0 Å². The first-order chi connectivity index (χ1) is 10.3. The van der Waals surface area contributed by atoms with Crippen LogP contribution in [0.3, 0.4) is 0 Å². The molecule has 0 saturated heterocycles. The van der Waals surface area contributed by atoms with E-state index in [2.05, 4.69) is 29.3 Å². The van der Waals surface area contributed by atoms with Crippen molar-refractivity contribution in [2.45, 2.75) is 19.4 Å². The summed E-state index contributed by atoms with van der Waals surface area (Å²) in [5, 5.41) is 8.16. The Kier molecular flexibility index (Phi) is 3.79. The van der Waals surface area contributed by atoms with Crippen LogP contribution in [0.25, 0.3) is 11.5 Å². The van der Waals surface area contributed by atoms with Crippen LogP contribution in [0.4, 0.5) is 0 Å². The number of aromatic nitrogens is 2. The minimum atomic E-state index is -0.401. The lowest BCUT2D eigenvalue weighted by Crippen LogP contribution is -2.11. The van der Waals surface area contributed by atoms with Gasteiger partial charge in [0.25, 0.3) is 0 Å². The quantitative estimate of drug-likeness (QED) is 0.795. The third-order valence-corrected chi connectivity index (χ3v) is 3.47. The van der Waals surface area contributed by atoms with Crippen molar-refractivity contribution in [2.75, 3.05) is 0 Å². The molecule has 0 aliphatic heterocycles. The lowest BCUT2D eigenvalue weighted by Gasteiger charge is -2.06. The Labute approximate surface area is 123 Å². The van der Waals surface area contributed by atoms with Gasteiger partial charge >= 0.3 is 0 Å². The molecule has 4 heteroatoms. The normalized spacial score (nSPS) is 12.3. The van der Waals surface area contributed by atoms with Gasteiger partial charge in [-0.3, -0.25) is 0 Å². The zero-order valence-electron chi connectivity index (χ0n) is 11.9. The number of hydrogen-bond acceptors (Lipinski definition) is 4. The number of nitrogens with two attached hydrogens (primary N) is 1. The van der Waals surface area contributed by atoms with Crippen LogP contribution in [0.5, 0.6) is 0 Å². The smallest absolute Gasteiger partial charge is 0.247 e. The molecular weight excluding hydrogens is 262 g/mol. The third kappa shape index (κ3) is 2.85. The molecule has 0 fully saturated rings. The molecule has 1 unspecified atom stereocenters. The molecule has 21 heavy (non-hydrogen) atoms. The topological polar surface area (TPSA) is 64.9 Å². The van der Waals surface area contributed by atoms with Crippen molar-refractivity contribution in [3.63, 3.8) is 0 Å². The molecule has 3 rings (SSSR count). The molecule has 0 spiro atoms. The van der Waals surface area contributed by atoms with Gasteiger partial charge in [-0.15, -0.1) is 10.2 Å². The van der Waals surface area contributed by atoms with Crippen molar-refractivity contribution in [1.29, 1.82) is 0 Å². The average Bonchev–Trinajstić information content (AvgIpc) is 3.05. The fourth-order valence-electron chi connectivity index (χ4n) is 2.16. The molecule has 0 bridgehead atoms. The van der Waals surface area contributed by atoms with Gasteiger partial charge in [-0.05, 0) is 29.7 Å². The van der Waals surface area contributed by atoms with Crippen LogP contribution >= 0.6 is 0 Å². The van der Waals surface area contributed by atoms with Crippen molar-refractivity contribution < 1.29 is 4.42 Å². The standard InChI is InChI=1S/C17H17N3O/c1-2-12-8-10-14(11-9-12)16-19-20-17(21-16)15(18)13-6-4-3-5-7-13/h3-11,15H,2,18H2,1H3. The Bertz CT molecular complexity index is 704. The molecule has 1 heterocycles. The molecule has 0 saturated carbocycles. The molecule has 0 radical (unpaired) electrons. The van der Waals surface area contributed by atoms with E-state index >= 15 is 0 Å². The summed E-state index contributed by atoms with van der Waals surface area (Å²) in [5.74, 6) is 0.926. The first-order valence-corrected chi connectivity index (χ1v) is 7.01. The predicted molar refractivity (Wildman–Crippen MR) is 81.6 cm³/mol. The van der Waals surface area contributed by atoms with Crippen molar-refractivity contribution >= 4 is 0 Å². The summed E-state index contributed by atoms with van der Waals surface area (Å²) < 4.78 is 5.71. The Hall–Kier alpha value is -2.46. The summed E-state index contributed by atoms with van der Waals surface area (Å²) in [5.41, 5.74) is 9.30. The van der Waals surface area contributed by atoms with Gasteiger partial charge < -0.3 is 10.2 Å². The third-order valence-electron chi connectivity index (χ3n) is 3.47. The van der Waals surface area contributed by atoms with E-state index in [0.29, 0.717) is 11.8 Å². The van der Waals surface area contributed by atoms with Crippen LogP contribution in [-0.4, -0.2) is 10.2 Å². The SMILES string of the molecule is CCc1ccc(-c2nnc(C(N)c3ccccc3)o2)cc1. The highest BCUT2D eigenvalue weighted by molar-refractivity contribution is 5.53. The van der Waals surface area contributed by atoms with Crippen LogP contribution in [0.2, 0.25) is 0 Å². The van der Waals surface area contributed by atoms with Crippen LogP contribution < -0.4 is 5.73 Å². The fraction of sp³-hybridized carbons (Fsp3) is 0.176. The van der Waals surface area contributed by atoms with E-state index in [1.165, 1.54) is 5.56 Å². The van der Waals surface area contributed by atoms with Crippen molar-refractivity contribution in [2.24, 2.45) is 5.73 Å². The van der Waals surface area contributed by atoms with E-state index in [1.807, 2.05) is 42.5 Å². The molecule has 1 aromatic heterocycles. The van der Waals surface area contributed by atoms with Gasteiger partial charge in [-0.2, -0.15) is 0 Å². The number of rotatable bonds is 4. The zero-order chi connectivity index (χ0) is 14.7. The largest absolute Gasteiger partial charge is 0.419 e. The highest BCUT2D eigenvalue weighted by Gasteiger charge is 2.16. The Morgan fingerprint density at radius 2 is 1.71 bits per heavy atom. The molecule has 4 nitrogen and oxygen atoms in total. The van der Waals surface area contributed by atoms with Gasteiger partial charge in [0.05, 0.1) is 0 Å². The second-order valence-electron chi connectivity index (χ2n) is 4.88. The van der Waals surface area contributed by atoms with Gasteiger partial charge in [0, 0.05) is 5.56 Å². The van der Waals surface area contributed by atoms with E-state index in [4.69, 9.17) is 10.2 Å². The van der Waals surface area contributed by atoms with Crippen molar-refractivity contribution in [3.8, 4) is 11.5 Å². The maximum atomic E-state index is 6.16. The Morgan fingerprint density at radius 3 is 2.38 bits per heavy atom. The lowest BCUT2D eigenvalue weighted by molar-refractivity contribution is 0.484. The summed E-state index contributed by atoms with van der Waals surface area (Å²) in [7, 11) is 0. The van der Waals surface area contributed by atoms with E-state index in [1.54, 1.807) is 0 Å². The maximum Gasteiger partial charge on any atom is 0.247 e. The summed E-state index contributed by atoms with van der Waals surface area (Å²) in [6.45, 7) is 2.12. The minimum Gasteiger partial charge on any atom is -0.419 e. The molecule has 2 aromatic carbocycles. The summed E-state index contributed by atoms with van der Waals surface area (Å²) in [6, 6.07) is 17.4. The highest BCUT2D eigenvalue weighted by atomic mass is 16.4. The monoisotopic (exact) mass is 279 g/mol. The van der Waals surface area contributed by atoms with Gasteiger partial charge in [0.1, 0.15) is 6.04 Å². The Balaban J connectivity index is 1.85. The van der Waals surface area contributed by atoms with Gasteiger partial charge in [-0.25, -0.2) is 0 Å². The molecule has 1 atom stereocenters. The molecule has 106 valence electrons. The first-order valence-electron chi connectivity index (χ1n) is 7.01. The van der Waals surface area contributed by atoms with Crippen molar-refractivity contribution in [1.82, 2.24) is 10.2 Å². The molecule has 3 aromatic rings. The van der Waals surface area contributed by atoms with Crippen LogP contribution in [0, 0.1) is 0 Å². The predicted octanol–water partition coefficient (Wildman–Crippen LogP) is 3.35. The molecule has 0 amide bonds. The zero-order valence-corrected chi connectivity index (χ0v) is 11.9. The van der Waals surface area contributed by atoms with E-state index in [0.717, 1.165) is 17.5 Å². The minimum absolute atomic E-state index is 0.401. The second-order valence-corrected chi connectivity index (χ2v) is 4.88. The van der Waals surface area contributed by atoms with Crippen LogP contribution in [0.1, 0.15) is 30.0 Å².